The number of carbonyl (C=O) groups is 2. The minimum Gasteiger partial charge on any atom is -0.348 e. The lowest BCUT2D eigenvalue weighted by Crippen LogP contribution is -2.36. The van der Waals surface area contributed by atoms with Crippen molar-refractivity contribution >= 4 is 40.6 Å². The van der Waals surface area contributed by atoms with Gasteiger partial charge in [-0.05, 0) is 35.9 Å². The van der Waals surface area contributed by atoms with Gasteiger partial charge in [0.2, 0.25) is 11.8 Å². The van der Waals surface area contributed by atoms with Gasteiger partial charge in [0.15, 0.2) is 0 Å². The maximum Gasteiger partial charge on any atom is 0.227 e. The van der Waals surface area contributed by atoms with Gasteiger partial charge in [0.05, 0.1) is 11.7 Å². The molecule has 1 N–H and O–H groups in total. The summed E-state index contributed by atoms with van der Waals surface area (Å²) in [7, 11) is 0. The molecule has 27 heavy (non-hydrogen) atoms. The van der Waals surface area contributed by atoms with Gasteiger partial charge in [-0.25, -0.2) is 0 Å². The highest BCUT2D eigenvalue weighted by atomic mass is 32.2. The highest BCUT2D eigenvalue weighted by molar-refractivity contribution is 7.99. The molecule has 2 heterocycles. The fourth-order valence-corrected chi connectivity index (χ4v) is 5.04. The number of hydrogen-bond acceptors (Lipinski definition) is 4. The number of amides is 2. The molecule has 0 bridgehead atoms. The number of nitrogens with zero attached hydrogens (tertiary/aromatic N) is 1. The first kappa shape index (κ1) is 20.0. The first-order chi connectivity index (χ1) is 13.0. The molecule has 2 aromatic rings. The predicted molar refractivity (Wildman–Crippen MR) is 113 cm³/mol. The summed E-state index contributed by atoms with van der Waals surface area (Å²) in [4.78, 5) is 29.3. The van der Waals surface area contributed by atoms with Crippen LogP contribution in [0.5, 0.6) is 0 Å². The van der Waals surface area contributed by atoms with Crippen molar-refractivity contribution in [2.75, 3.05) is 17.2 Å². The Kier molecular flexibility index (Phi) is 6.96. The van der Waals surface area contributed by atoms with Crippen LogP contribution in [0.25, 0.3) is 0 Å². The topological polar surface area (TPSA) is 49.4 Å². The average molecular weight is 403 g/mol. The molecule has 1 aliphatic heterocycles. The van der Waals surface area contributed by atoms with Crippen LogP contribution < -0.4 is 10.2 Å². The third-order valence-electron chi connectivity index (χ3n) is 4.52. The Morgan fingerprint density at radius 2 is 1.96 bits per heavy atom. The quantitative estimate of drug-likeness (QED) is 0.719. The number of rotatable bonds is 7. The van der Waals surface area contributed by atoms with Crippen molar-refractivity contribution in [2.24, 2.45) is 5.92 Å². The second kappa shape index (κ2) is 9.42. The van der Waals surface area contributed by atoms with Gasteiger partial charge in [0.25, 0.3) is 0 Å². The van der Waals surface area contributed by atoms with Crippen molar-refractivity contribution < 1.29 is 9.59 Å². The Balaban J connectivity index is 1.56. The smallest absolute Gasteiger partial charge is 0.227 e. The maximum atomic E-state index is 12.7. The van der Waals surface area contributed by atoms with Crippen LogP contribution in [-0.4, -0.2) is 24.1 Å². The third-order valence-corrected chi connectivity index (χ3v) is 6.55. The monoisotopic (exact) mass is 402 g/mol. The van der Waals surface area contributed by atoms with Crippen LogP contribution in [0.4, 0.5) is 5.69 Å². The number of benzene rings is 1. The molecule has 3 rings (SSSR count). The Labute approximate surface area is 169 Å². The Bertz CT molecular complexity index is 774. The van der Waals surface area contributed by atoms with E-state index in [9.17, 15) is 9.59 Å². The van der Waals surface area contributed by atoms with Crippen LogP contribution in [0, 0.1) is 5.92 Å². The molecular formula is C21H26N2O2S2. The SMILES string of the molecule is CC(C)CC(NC(=O)CCC(=O)N1CCSc2ccccc21)c1cccs1. The fraction of sp³-hybridized carbons (Fsp3) is 0.429. The van der Waals surface area contributed by atoms with Gasteiger partial charge < -0.3 is 10.2 Å². The Hall–Kier alpha value is -1.79. The average Bonchev–Trinajstić information content (AvgIpc) is 3.19. The minimum atomic E-state index is -0.0536. The van der Waals surface area contributed by atoms with E-state index < -0.39 is 0 Å². The number of hydrogen-bond donors (Lipinski definition) is 1. The summed E-state index contributed by atoms with van der Waals surface area (Å²) in [6.07, 6.45) is 1.37. The first-order valence-electron chi connectivity index (χ1n) is 9.39. The fourth-order valence-electron chi connectivity index (χ4n) is 3.26. The van der Waals surface area contributed by atoms with E-state index in [1.807, 2.05) is 40.6 Å². The second-order valence-corrected chi connectivity index (χ2v) is 9.24. The number of carbonyl (C=O) groups excluding carboxylic acids is 2. The van der Waals surface area contributed by atoms with Crippen LogP contribution in [0.2, 0.25) is 0 Å². The van der Waals surface area contributed by atoms with Gasteiger partial charge >= 0.3 is 0 Å². The van der Waals surface area contributed by atoms with Crippen molar-refractivity contribution in [2.45, 2.75) is 44.0 Å². The summed E-state index contributed by atoms with van der Waals surface area (Å²) in [5, 5.41) is 5.16. The largest absolute Gasteiger partial charge is 0.348 e. The standard InChI is InChI=1S/C21H26N2O2S2/c1-15(2)14-16(18-8-5-12-26-18)22-20(24)9-10-21(25)23-11-13-27-19-7-4-3-6-17(19)23/h3-8,12,15-16H,9-11,13-14H2,1-2H3,(H,22,24). The summed E-state index contributed by atoms with van der Waals surface area (Å²) < 4.78 is 0. The number of anilines is 1. The van der Waals surface area contributed by atoms with E-state index >= 15 is 0 Å². The number of fused-ring (bicyclic) bond motifs is 1. The molecule has 0 spiro atoms. The summed E-state index contributed by atoms with van der Waals surface area (Å²) in [5.41, 5.74) is 0.968. The van der Waals surface area contributed by atoms with Crippen LogP contribution in [0.1, 0.15) is 44.0 Å². The van der Waals surface area contributed by atoms with Gasteiger partial charge in [-0.3, -0.25) is 9.59 Å². The summed E-state index contributed by atoms with van der Waals surface area (Å²) in [6, 6.07) is 12.1. The highest BCUT2D eigenvalue weighted by Gasteiger charge is 2.23. The normalized spacial score (nSPS) is 14.7. The molecule has 1 aromatic carbocycles. The molecule has 0 fully saturated rings. The van der Waals surface area contributed by atoms with E-state index in [1.165, 1.54) is 4.88 Å². The molecule has 144 valence electrons. The van der Waals surface area contributed by atoms with E-state index in [2.05, 4.69) is 25.2 Å². The zero-order valence-electron chi connectivity index (χ0n) is 15.8. The van der Waals surface area contributed by atoms with Crippen molar-refractivity contribution in [3.8, 4) is 0 Å². The lowest BCUT2D eigenvalue weighted by atomic mass is 10.0. The van der Waals surface area contributed by atoms with E-state index in [-0.39, 0.29) is 30.7 Å². The lowest BCUT2D eigenvalue weighted by molar-refractivity contribution is -0.125. The zero-order chi connectivity index (χ0) is 19.2. The van der Waals surface area contributed by atoms with Crippen LogP contribution >= 0.6 is 23.1 Å². The van der Waals surface area contributed by atoms with E-state index in [0.29, 0.717) is 12.5 Å². The minimum absolute atomic E-state index is 0.0226. The molecule has 1 aliphatic rings. The second-order valence-electron chi connectivity index (χ2n) is 7.13. The summed E-state index contributed by atoms with van der Waals surface area (Å²) in [6.45, 7) is 5.01. The maximum absolute atomic E-state index is 12.7. The van der Waals surface area contributed by atoms with Crippen molar-refractivity contribution in [3.05, 3.63) is 46.7 Å². The number of thioether (sulfide) groups is 1. The van der Waals surface area contributed by atoms with E-state index in [4.69, 9.17) is 0 Å². The van der Waals surface area contributed by atoms with Crippen LogP contribution in [0.3, 0.4) is 0 Å². The van der Waals surface area contributed by atoms with Crippen LogP contribution in [0.15, 0.2) is 46.7 Å². The molecule has 1 unspecified atom stereocenters. The number of thiophene rings is 1. The molecule has 2 amide bonds. The molecule has 1 atom stereocenters. The molecule has 1 aromatic heterocycles. The van der Waals surface area contributed by atoms with Gasteiger partial charge in [-0.15, -0.1) is 23.1 Å². The number of para-hydroxylation sites is 1. The van der Waals surface area contributed by atoms with Gasteiger partial charge in [0, 0.05) is 34.9 Å². The van der Waals surface area contributed by atoms with Crippen molar-refractivity contribution in [1.82, 2.24) is 5.32 Å². The molecule has 6 heteroatoms. The van der Waals surface area contributed by atoms with E-state index in [1.54, 1.807) is 23.1 Å². The molecule has 0 aliphatic carbocycles. The van der Waals surface area contributed by atoms with Gasteiger partial charge in [-0.2, -0.15) is 0 Å². The highest BCUT2D eigenvalue weighted by Crippen LogP contribution is 2.34. The third kappa shape index (κ3) is 5.36. The van der Waals surface area contributed by atoms with Gasteiger partial charge in [-0.1, -0.05) is 32.0 Å². The molecular weight excluding hydrogens is 376 g/mol. The first-order valence-corrected chi connectivity index (χ1v) is 11.3. The van der Waals surface area contributed by atoms with Gasteiger partial charge in [0.1, 0.15) is 0 Å². The Morgan fingerprint density at radius 1 is 1.15 bits per heavy atom. The summed E-state index contributed by atoms with van der Waals surface area (Å²) >= 11 is 3.44. The zero-order valence-corrected chi connectivity index (χ0v) is 17.4. The predicted octanol–water partition coefficient (Wildman–Crippen LogP) is 4.87. The number of nitrogens with one attached hydrogen (secondary N) is 1. The van der Waals surface area contributed by atoms with Crippen LogP contribution in [-0.2, 0) is 9.59 Å². The summed E-state index contributed by atoms with van der Waals surface area (Å²) in [5.74, 6) is 1.35. The molecule has 0 saturated heterocycles. The van der Waals surface area contributed by atoms with Crippen molar-refractivity contribution in [1.29, 1.82) is 0 Å². The molecule has 0 radical (unpaired) electrons. The molecule has 0 saturated carbocycles. The van der Waals surface area contributed by atoms with E-state index in [0.717, 1.165) is 22.8 Å². The molecule has 4 nitrogen and oxygen atoms in total. The van der Waals surface area contributed by atoms with Crippen molar-refractivity contribution in [3.63, 3.8) is 0 Å². The Morgan fingerprint density at radius 3 is 2.70 bits per heavy atom. The lowest BCUT2D eigenvalue weighted by Gasteiger charge is -2.29.